The molecule has 0 saturated heterocycles. The summed E-state index contributed by atoms with van der Waals surface area (Å²) in [6.45, 7) is 2.13. The molecule has 4 heteroatoms. The molecule has 0 heterocycles. The van der Waals surface area contributed by atoms with E-state index in [9.17, 15) is 9.59 Å². The minimum absolute atomic E-state index is 0.0269. The van der Waals surface area contributed by atoms with Crippen molar-refractivity contribution in [2.75, 3.05) is 12.3 Å². The van der Waals surface area contributed by atoms with Gasteiger partial charge in [0.25, 0.3) is 0 Å². The second-order valence-corrected chi connectivity index (χ2v) is 5.13. The summed E-state index contributed by atoms with van der Waals surface area (Å²) < 4.78 is 0. The molecule has 0 atom stereocenters. The number of nitrogens with two attached hydrogens (primary N) is 1. The summed E-state index contributed by atoms with van der Waals surface area (Å²) in [5.74, 6) is 0.0992. The predicted molar refractivity (Wildman–Crippen MR) is 90.4 cm³/mol. The lowest BCUT2D eigenvalue weighted by Gasteiger charge is -2.04. The number of rotatable bonds is 9. The molecule has 0 aliphatic rings. The number of carbonyl (C=O) groups is 2. The molecular weight excluding hydrogens is 276 g/mol. The third kappa shape index (κ3) is 8.74. The summed E-state index contributed by atoms with van der Waals surface area (Å²) in [4.78, 5) is 22.3. The number of aryl methyl sites for hydroxylation is 1. The Labute approximate surface area is 132 Å². The van der Waals surface area contributed by atoms with Gasteiger partial charge >= 0.3 is 0 Å². The molecule has 22 heavy (non-hydrogen) atoms. The van der Waals surface area contributed by atoms with E-state index >= 15 is 0 Å². The maximum absolute atomic E-state index is 11.7. The quantitative estimate of drug-likeness (QED) is 0.319. The monoisotopic (exact) mass is 300 g/mol. The van der Waals surface area contributed by atoms with Crippen LogP contribution in [0.15, 0.2) is 48.6 Å². The van der Waals surface area contributed by atoms with E-state index in [-0.39, 0.29) is 11.7 Å². The highest BCUT2D eigenvalue weighted by Crippen LogP contribution is 2.08. The molecule has 0 saturated carbocycles. The third-order valence-corrected chi connectivity index (χ3v) is 3.06. The van der Waals surface area contributed by atoms with Crippen molar-refractivity contribution in [3.05, 3.63) is 54.1 Å². The zero-order chi connectivity index (χ0) is 16.2. The summed E-state index contributed by atoms with van der Waals surface area (Å²) in [5.41, 5.74) is 7.58. The number of nitrogens with one attached hydrogen (secondary N) is 1. The minimum atomic E-state index is 0.0269. The molecule has 118 valence electrons. The fraction of sp³-hybridized carbons (Fsp3) is 0.333. The van der Waals surface area contributed by atoms with Crippen LogP contribution in [0.25, 0.3) is 0 Å². The molecule has 1 aromatic carbocycles. The topological polar surface area (TPSA) is 72.2 Å². The Morgan fingerprint density at radius 1 is 1.18 bits per heavy atom. The SMILES string of the molecule is CC(=O)/C=C/C=C/CCNC(=O)CCCc1ccc(N)cc1. The third-order valence-electron chi connectivity index (χ3n) is 3.06. The molecule has 0 unspecified atom stereocenters. The molecule has 1 rings (SSSR count). The first-order valence-corrected chi connectivity index (χ1v) is 7.53. The lowest BCUT2D eigenvalue weighted by molar-refractivity contribution is -0.121. The zero-order valence-electron chi connectivity index (χ0n) is 13.0. The van der Waals surface area contributed by atoms with Gasteiger partial charge in [0.2, 0.25) is 5.91 Å². The van der Waals surface area contributed by atoms with Gasteiger partial charge in [-0.05, 0) is 50.0 Å². The Morgan fingerprint density at radius 3 is 2.59 bits per heavy atom. The van der Waals surface area contributed by atoms with E-state index in [0.29, 0.717) is 13.0 Å². The average molecular weight is 300 g/mol. The molecule has 0 aromatic heterocycles. The van der Waals surface area contributed by atoms with Gasteiger partial charge in [-0.3, -0.25) is 9.59 Å². The summed E-state index contributed by atoms with van der Waals surface area (Å²) in [7, 11) is 0. The summed E-state index contributed by atoms with van der Waals surface area (Å²) >= 11 is 0. The highest BCUT2D eigenvalue weighted by atomic mass is 16.1. The van der Waals surface area contributed by atoms with E-state index in [4.69, 9.17) is 5.73 Å². The maximum atomic E-state index is 11.7. The Hall–Kier alpha value is -2.36. The van der Waals surface area contributed by atoms with Crippen molar-refractivity contribution in [1.29, 1.82) is 0 Å². The van der Waals surface area contributed by atoms with Crippen LogP contribution in [0.5, 0.6) is 0 Å². The largest absolute Gasteiger partial charge is 0.399 e. The minimum Gasteiger partial charge on any atom is -0.399 e. The van der Waals surface area contributed by atoms with Crippen molar-refractivity contribution in [3.63, 3.8) is 0 Å². The second kappa shape index (κ2) is 10.4. The van der Waals surface area contributed by atoms with Crippen LogP contribution in [0.2, 0.25) is 0 Å². The van der Waals surface area contributed by atoms with Gasteiger partial charge < -0.3 is 11.1 Å². The Kier molecular flexibility index (Phi) is 8.35. The van der Waals surface area contributed by atoms with Crippen molar-refractivity contribution >= 4 is 17.4 Å². The van der Waals surface area contributed by atoms with Crippen LogP contribution in [0.3, 0.4) is 0 Å². The van der Waals surface area contributed by atoms with E-state index in [2.05, 4.69) is 5.32 Å². The standard InChI is InChI=1S/C18H24N2O2/c1-15(21)7-4-2-3-5-14-20-18(22)9-6-8-16-10-12-17(19)13-11-16/h2-4,7,10-13H,5-6,8-9,14,19H2,1H3,(H,20,22)/b3-2+,7-4+. The lowest BCUT2D eigenvalue weighted by atomic mass is 10.1. The molecule has 4 nitrogen and oxygen atoms in total. The molecule has 0 bridgehead atoms. The van der Waals surface area contributed by atoms with Crippen molar-refractivity contribution in [2.24, 2.45) is 0 Å². The van der Waals surface area contributed by atoms with Crippen molar-refractivity contribution in [2.45, 2.75) is 32.6 Å². The van der Waals surface area contributed by atoms with Gasteiger partial charge in [-0.15, -0.1) is 0 Å². The zero-order valence-corrected chi connectivity index (χ0v) is 13.0. The van der Waals surface area contributed by atoms with Gasteiger partial charge in [-0.1, -0.05) is 30.4 Å². The summed E-state index contributed by atoms with van der Waals surface area (Å²) in [6.07, 6.45) is 9.94. The maximum Gasteiger partial charge on any atom is 0.220 e. The fourth-order valence-corrected chi connectivity index (χ4v) is 1.89. The molecule has 0 spiro atoms. The van der Waals surface area contributed by atoms with E-state index in [1.807, 2.05) is 36.4 Å². The number of anilines is 1. The van der Waals surface area contributed by atoms with Crippen LogP contribution < -0.4 is 11.1 Å². The van der Waals surface area contributed by atoms with Gasteiger partial charge in [0.05, 0.1) is 0 Å². The first kappa shape index (κ1) is 17.7. The molecule has 0 aliphatic carbocycles. The van der Waals surface area contributed by atoms with Crippen LogP contribution in [0, 0.1) is 0 Å². The summed E-state index contributed by atoms with van der Waals surface area (Å²) in [6, 6.07) is 7.74. The number of ketones is 1. The van der Waals surface area contributed by atoms with Crippen LogP contribution >= 0.6 is 0 Å². The predicted octanol–water partition coefficient (Wildman–Crippen LogP) is 2.80. The van der Waals surface area contributed by atoms with Gasteiger partial charge in [-0.25, -0.2) is 0 Å². The highest BCUT2D eigenvalue weighted by molar-refractivity contribution is 5.87. The number of nitrogen functional groups attached to an aromatic ring is 1. The van der Waals surface area contributed by atoms with E-state index in [0.717, 1.165) is 24.9 Å². The second-order valence-electron chi connectivity index (χ2n) is 5.13. The van der Waals surface area contributed by atoms with Crippen LogP contribution in [-0.2, 0) is 16.0 Å². The first-order valence-electron chi connectivity index (χ1n) is 7.53. The Bertz CT molecular complexity index is 531. The Morgan fingerprint density at radius 2 is 1.91 bits per heavy atom. The smallest absolute Gasteiger partial charge is 0.220 e. The fourth-order valence-electron chi connectivity index (χ4n) is 1.89. The molecule has 0 fully saturated rings. The summed E-state index contributed by atoms with van der Waals surface area (Å²) in [5, 5.41) is 2.88. The van der Waals surface area contributed by atoms with Crippen molar-refractivity contribution < 1.29 is 9.59 Å². The average Bonchev–Trinajstić information content (AvgIpc) is 2.48. The van der Waals surface area contributed by atoms with Crippen LogP contribution in [-0.4, -0.2) is 18.2 Å². The van der Waals surface area contributed by atoms with E-state index in [1.54, 1.807) is 6.08 Å². The number of allylic oxidation sites excluding steroid dienone is 3. The van der Waals surface area contributed by atoms with Crippen molar-refractivity contribution in [1.82, 2.24) is 5.32 Å². The normalized spacial score (nSPS) is 11.1. The van der Waals surface area contributed by atoms with Crippen LogP contribution in [0.1, 0.15) is 31.7 Å². The van der Waals surface area contributed by atoms with Gasteiger partial charge in [0.15, 0.2) is 5.78 Å². The van der Waals surface area contributed by atoms with Crippen molar-refractivity contribution in [3.8, 4) is 0 Å². The lowest BCUT2D eigenvalue weighted by Crippen LogP contribution is -2.23. The first-order chi connectivity index (χ1) is 10.6. The van der Waals surface area contributed by atoms with Gasteiger partial charge in [0, 0.05) is 18.7 Å². The number of hydrogen-bond donors (Lipinski definition) is 2. The number of hydrogen-bond acceptors (Lipinski definition) is 3. The van der Waals surface area contributed by atoms with E-state index in [1.165, 1.54) is 18.6 Å². The number of benzene rings is 1. The number of carbonyl (C=O) groups excluding carboxylic acids is 2. The van der Waals surface area contributed by atoms with Gasteiger partial charge in [0.1, 0.15) is 0 Å². The molecular formula is C18H24N2O2. The molecule has 0 aliphatic heterocycles. The molecule has 3 N–H and O–H groups in total. The molecule has 1 amide bonds. The molecule has 0 radical (unpaired) electrons. The van der Waals surface area contributed by atoms with Crippen LogP contribution in [0.4, 0.5) is 5.69 Å². The van der Waals surface area contributed by atoms with E-state index < -0.39 is 0 Å². The Balaban J connectivity index is 2.08. The highest BCUT2D eigenvalue weighted by Gasteiger charge is 2.00. The molecule has 1 aromatic rings. The van der Waals surface area contributed by atoms with Gasteiger partial charge in [-0.2, -0.15) is 0 Å². The number of amides is 1.